The van der Waals surface area contributed by atoms with Crippen molar-refractivity contribution in [3.63, 3.8) is 0 Å². The minimum Gasteiger partial charge on any atom is -0.497 e. The highest BCUT2D eigenvalue weighted by Crippen LogP contribution is 2.31. The van der Waals surface area contributed by atoms with Gasteiger partial charge in [-0.1, -0.05) is 12.1 Å². The van der Waals surface area contributed by atoms with E-state index in [9.17, 15) is 14.7 Å². The Balaban J connectivity index is 1.83. The second-order valence-corrected chi connectivity index (χ2v) is 6.89. The molecule has 3 rings (SSSR count). The maximum absolute atomic E-state index is 12.9. The molecule has 0 aliphatic carbocycles. The maximum Gasteiger partial charge on any atom is 0.311 e. The third-order valence-electron chi connectivity index (χ3n) is 4.91. The second kappa shape index (κ2) is 7.15. The third kappa shape index (κ3) is 3.54. The van der Waals surface area contributed by atoms with Crippen molar-refractivity contribution in [1.82, 2.24) is 9.88 Å². The number of methoxy groups -OCH3 is 1. The van der Waals surface area contributed by atoms with Crippen molar-refractivity contribution in [1.29, 1.82) is 0 Å². The maximum atomic E-state index is 12.9. The number of aromatic nitrogens is 1. The molecule has 1 aliphatic rings. The summed E-state index contributed by atoms with van der Waals surface area (Å²) < 4.78 is 5.16. The quantitative estimate of drug-likeness (QED) is 0.913. The zero-order chi connectivity index (χ0) is 18.7. The summed E-state index contributed by atoms with van der Waals surface area (Å²) in [5, 5.41) is 9.44. The van der Waals surface area contributed by atoms with Gasteiger partial charge >= 0.3 is 5.97 Å². The molecule has 1 atom stereocenters. The number of hydrogen-bond donors (Lipinski definition) is 1. The average Bonchev–Trinajstić information content (AvgIpc) is 2.67. The first-order valence-corrected chi connectivity index (χ1v) is 8.55. The lowest BCUT2D eigenvalue weighted by Crippen LogP contribution is -2.48. The number of benzene rings is 1. The fourth-order valence-electron chi connectivity index (χ4n) is 3.27. The molecule has 1 unspecified atom stereocenters. The van der Waals surface area contributed by atoms with Gasteiger partial charge in [0.2, 0.25) is 0 Å². The van der Waals surface area contributed by atoms with E-state index in [1.165, 1.54) is 6.20 Å². The molecule has 1 aliphatic heterocycles. The van der Waals surface area contributed by atoms with Crippen molar-refractivity contribution in [2.45, 2.75) is 19.8 Å². The van der Waals surface area contributed by atoms with Crippen LogP contribution in [-0.4, -0.2) is 47.1 Å². The molecular weight excluding hydrogens is 332 g/mol. The van der Waals surface area contributed by atoms with Gasteiger partial charge in [0.25, 0.3) is 5.91 Å². The molecule has 0 spiro atoms. The number of carboxylic acid groups (broad SMARTS) is 1. The molecule has 6 heteroatoms. The van der Waals surface area contributed by atoms with Crippen LogP contribution >= 0.6 is 0 Å². The molecule has 2 aromatic rings. The number of aliphatic carboxylic acids is 1. The first kappa shape index (κ1) is 17.9. The topological polar surface area (TPSA) is 79.7 Å². The van der Waals surface area contributed by atoms with Crippen LogP contribution in [0.25, 0.3) is 11.1 Å². The minimum atomic E-state index is -0.894. The molecule has 1 saturated heterocycles. The molecular formula is C20H22N2O4. The highest BCUT2D eigenvalue weighted by atomic mass is 16.5. The van der Waals surface area contributed by atoms with Gasteiger partial charge in [0, 0.05) is 31.0 Å². The average molecular weight is 354 g/mol. The van der Waals surface area contributed by atoms with Gasteiger partial charge in [0.15, 0.2) is 0 Å². The van der Waals surface area contributed by atoms with Crippen molar-refractivity contribution in [3.05, 3.63) is 48.3 Å². The highest BCUT2D eigenvalue weighted by Gasteiger charge is 2.39. The van der Waals surface area contributed by atoms with Gasteiger partial charge in [-0.25, -0.2) is 0 Å². The molecule has 1 fully saturated rings. The predicted molar refractivity (Wildman–Crippen MR) is 97.1 cm³/mol. The smallest absolute Gasteiger partial charge is 0.311 e. The van der Waals surface area contributed by atoms with E-state index in [0.717, 1.165) is 16.9 Å². The van der Waals surface area contributed by atoms with Gasteiger partial charge in [-0.3, -0.25) is 14.6 Å². The lowest BCUT2D eigenvalue weighted by Gasteiger charge is -2.37. The highest BCUT2D eigenvalue weighted by molar-refractivity contribution is 5.95. The summed E-state index contributed by atoms with van der Waals surface area (Å²) in [6, 6.07) is 9.32. The fourth-order valence-corrected chi connectivity index (χ4v) is 3.27. The first-order valence-electron chi connectivity index (χ1n) is 8.55. The van der Waals surface area contributed by atoms with Gasteiger partial charge in [0.1, 0.15) is 5.75 Å². The number of carbonyl (C=O) groups is 2. The number of hydrogen-bond acceptors (Lipinski definition) is 4. The Morgan fingerprint density at radius 2 is 1.92 bits per heavy atom. The van der Waals surface area contributed by atoms with Crippen molar-refractivity contribution < 1.29 is 19.4 Å². The monoisotopic (exact) mass is 354 g/mol. The molecule has 136 valence electrons. The lowest BCUT2D eigenvalue weighted by atomic mass is 9.82. The SMILES string of the molecule is COc1ccc(-c2cncc(C(=O)N3CCCC(C)(C(=O)O)C3)c2)cc1. The Labute approximate surface area is 152 Å². The second-order valence-electron chi connectivity index (χ2n) is 6.89. The van der Waals surface area contributed by atoms with E-state index >= 15 is 0 Å². The molecule has 0 bridgehead atoms. The van der Waals surface area contributed by atoms with Crippen LogP contribution in [0.5, 0.6) is 5.75 Å². The third-order valence-corrected chi connectivity index (χ3v) is 4.91. The number of nitrogens with zero attached hydrogens (tertiary/aromatic N) is 2. The van der Waals surface area contributed by atoms with Crippen LogP contribution in [-0.2, 0) is 4.79 Å². The Morgan fingerprint density at radius 1 is 1.19 bits per heavy atom. The number of ether oxygens (including phenoxy) is 1. The van der Waals surface area contributed by atoms with Crippen LogP contribution in [0.4, 0.5) is 0 Å². The summed E-state index contributed by atoms with van der Waals surface area (Å²) in [5.41, 5.74) is 1.33. The summed E-state index contributed by atoms with van der Waals surface area (Å²) >= 11 is 0. The number of amides is 1. The van der Waals surface area contributed by atoms with Gasteiger partial charge in [-0.15, -0.1) is 0 Å². The normalized spacial score (nSPS) is 19.8. The molecule has 1 N–H and O–H groups in total. The first-order chi connectivity index (χ1) is 12.4. The van der Waals surface area contributed by atoms with E-state index in [2.05, 4.69) is 4.98 Å². The van der Waals surface area contributed by atoms with E-state index in [0.29, 0.717) is 24.9 Å². The van der Waals surface area contributed by atoms with Gasteiger partial charge < -0.3 is 14.7 Å². The van der Waals surface area contributed by atoms with E-state index in [4.69, 9.17) is 4.74 Å². The summed E-state index contributed by atoms with van der Waals surface area (Å²) in [6.45, 7) is 2.48. The summed E-state index contributed by atoms with van der Waals surface area (Å²) in [7, 11) is 1.61. The Morgan fingerprint density at radius 3 is 2.58 bits per heavy atom. The Hall–Kier alpha value is -2.89. The molecule has 1 amide bonds. The van der Waals surface area contributed by atoms with E-state index in [1.54, 1.807) is 31.2 Å². The number of carboxylic acids is 1. The van der Waals surface area contributed by atoms with Crippen LogP contribution < -0.4 is 4.74 Å². The van der Waals surface area contributed by atoms with Crippen LogP contribution in [0.2, 0.25) is 0 Å². The minimum absolute atomic E-state index is 0.181. The van der Waals surface area contributed by atoms with Crippen molar-refractivity contribution in [3.8, 4) is 16.9 Å². The van der Waals surface area contributed by atoms with Crippen LogP contribution in [0.3, 0.4) is 0 Å². The molecule has 1 aromatic heterocycles. The van der Waals surface area contributed by atoms with E-state index in [-0.39, 0.29) is 12.5 Å². The van der Waals surface area contributed by atoms with Crippen LogP contribution in [0.1, 0.15) is 30.1 Å². The molecule has 0 saturated carbocycles. The molecule has 2 heterocycles. The zero-order valence-corrected chi connectivity index (χ0v) is 14.9. The van der Waals surface area contributed by atoms with Gasteiger partial charge in [-0.2, -0.15) is 0 Å². The number of carbonyl (C=O) groups excluding carboxylic acids is 1. The number of rotatable bonds is 4. The van der Waals surface area contributed by atoms with Crippen LogP contribution in [0.15, 0.2) is 42.7 Å². The van der Waals surface area contributed by atoms with Gasteiger partial charge in [-0.05, 0) is 43.5 Å². The fraction of sp³-hybridized carbons (Fsp3) is 0.350. The standard InChI is InChI=1S/C20H22N2O4/c1-20(19(24)25)8-3-9-22(13-20)18(23)16-10-15(11-21-12-16)14-4-6-17(26-2)7-5-14/h4-7,10-12H,3,8-9,13H2,1-2H3,(H,24,25). The van der Waals surface area contributed by atoms with Crippen molar-refractivity contribution in [2.75, 3.05) is 20.2 Å². The van der Waals surface area contributed by atoms with Gasteiger partial charge in [0.05, 0.1) is 18.1 Å². The molecule has 26 heavy (non-hydrogen) atoms. The van der Waals surface area contributed by atoms with E-state index in [1.807, 2.05) is 24.3 Å². The zero-order valence-electron chi connectivity index (χ0n) is 14.9. The molecule has 0 radical (unpaired) electrons. The Bertz CT molecular complexity index is 819. The lowest BCUT2D eigenvalue weighted by molar-refractivity contribution is -0.150. The van der Waals surface area contributed by atoms with Crippen molar-refractivity contribution >= 4 is 11.9 Å². The number of piperidine rings is 1. The number of pyridine rings is 1. The molecule has 6 nitrogen and oxygen atoms in total. The number of likely N-dealkylation sites (tertiary alicyclic amines) is 1. The van der Waals surface area contributed by atoms with E-state index < -0.39 is 11.4 Å². The summed E-state index contributed by atoms with van der Waals surface area (Å²) in [5.74, 6) is -0.282. The predicted octanol–water partition coefficient (Wildman–Crippen LogP) is 3.08. The van der Waals surface area contributed by atoms with Crippen molar-refractivity contribution in [2.24, 2.45) is 5.41 Å². The molecule has 1 aromatic carbocycles. The summed E-state index contributed by atoms with van der Waals surface area (Å²) in [6.07, 6.45) is 4.49. The van der Waals surface area contributed by atoms with Crippen LogP contribution in [0, 0.1) is 5.41 Å². The summed E-state index contributed by atoms with van der Waals surface area (Å²) in [4.78, 5) is 30.2. The largest absolute Gasteiger partial charge is 0.497 e. The Kier molecular flexibility index (Phi) is 4.93.